The van der Waals surface area contributed by atoms with Crippen molar-refractivity contribution >= 4 is 12.2 Å². The van der Waals surface area contributed by atoms with Gasteiger partial charge in [0.25, 0.3) is 5.56 Å². The third-order valence-corrected chi connectivity index (χ3v) is 2.54. The van der Waals surface area contributed by atoms with Gasteiger partial charge in [-0.1, -0.05) is 29.8 Å². The Kier molecular flexibility index (Phi) is 3.01. The maximum Gasteiger partial charge on any atom is 0.251 e. The summed E-state index contributed by atoms with van der Waals surface area (Å²) in [4.78, 5) is 16.7. The van der Waals surface area contributed by atoms with Gasteiger partial charge in [0.05, 0.1) is 0 Å². The van der Waals surface area contributed by atoms with Gasteiger partial charge < -0.3 is 4.98 Å². The number of nitrogens with one attached hydrogen (secondary N) is 2. The molecule has 0 fully saturated rings. The van der Waals surface area contributed by atoms with Crippen LogP contribution in [-0.2, 0) is 6.42 Å². The quantitative estimate of drug-likeness (QED) is 0.781. The van der Waals surface area contributed by atoms with Gasteiger partial charge >= 0.3 is 0 Å². The summed E-state index contributed by atoms with van der Waals surface area (Å²) in [5, 5.41) is 0. The number of aromatic amines is 2. The van der Waals surface area contributed by atoms with E-state index in [1.54, 1.807) is 0 Å². The smallest absolute Gasteiger partial charge is 0.251 e. The van der Waals surface area contributed by atoms with Gasteiger partial charge in [0.2, 0.25) is 0 Å². The lowest BCUT2D eigenvalue weighted by atomic mass is 10.1. The van der Waals surface area contributed by atoms with Gasteiger partial charge in [-0.3, -0.25) is 9.78 Å². The Morgan fingerprint density at radius 3 is 2.50 bits per heavy atom. The number of benzene rings is 1. The first-order chi connectivity index (χ1) is 7.63. The summed E-state index contributed by atoms with van der Waals surface area (Å²) in [6.07, 6.45) is 0.688. The van der Waals surface area contributed by atoms with Crippen molar-refractivity contribution in [2.24, 2.45) is 0 Å². The van der Waals surface area contributed by atoms with Gasteiger partial charge in [0, 0.05) is 18.2 Å². The molecule has 82 valence electrons. The topological polar surface area (TPSA) is 48.6 Å². The van der Waals surface area contributed by atoms with Gasteiger partial charge in [-0.2, -0.15) is 0 Å². The zero-order valence-corrected chi connectivity index (χ0v) is 9.73. The van der Waals surface area contributed by atoms with E-state index in [4.69, 9.17) is 12.2 Å². The van der Waals surface area contributed by atoms with E-state index in [0.29, 0.717) is 11.2 Å². The van der Waals surface area contributed by atoms with Gasteiger partial charge in [-0.05, 0) is 24.7 Å². The molecule has 3 nitrogen and oxygen atoms in total. The second-order valence-corrected chi connectivity index (χ2v) is 4.18. The van der Waals surface area contributed by atoms with Crippen molar-refractivity contribution in [3.8, 4) is 0 Å². The second kappa shape index (κ2) is 4.45. The van der Waals surface area contributed by atoms with Crippen molar-refractivity contribution in [1.82, 2.24) is 9.97 Å². The van der Waals surface area contributed by atoms with Crippen molar-refractivity contribution in [1.29, 1.82) is 0 Å². The number of hydrogen-bond acceptors (Lipinski definition) is 2. The van der Waals surface area contributed by atoms with Crippen LogP contribution in [0.15, 0.2) is 35.1 Å². The van der Waals surface area contributed by atoms with E-state index in [1.165, 1.54) is 11.6 Å². The maximum atomic E-state index is 11.2. The monoisotopic (exact) mass is 232 g/mol. The van der Waals surface area contributed by atoms with Crippen LogP contribution in [0.2, 0.25) is 0 Å². The molecule has 0 unspecified atom stereocenters. The van der Waals surface area contributed by atoms with Crippen LogP contribution >= 0.6 is 12.2 Å². The number of H-pyrrole nitrogens is 2. The number of aromatic nitrogens is 2. The molecule has 0 bridgehead atoms. The highest BCUT2D eigenvalue weighted by atomic mass is 32.1. The first-order valence-electron chi connectivity index (χ1n) is 5.01. The predicted molar refractivity (Wildman–Crippen MR) is 66.2 cm³/mol. The van der Waals surface area contributed by atoms with E-state index in [1.807, 2.05) is 19.1 Å². The highest BCUT2D eigenvalue weighted by Gasteiger charge is 1.97. The Labute approximate surface area is 98.2 Å². The SMILES string of the molecule is Cc1ccc(Cc2cc(=O)[nH]c(=S)[nH]2)cc1. The predicted octanol–water partition coefficient (Wildman–Crippen LogP) is 2.33. The van der Waals surface area contributed by atoms with Crippen LogP contribution in [0.3, 0.4) is 0 Å². The summed E-state index contributed by atoms with van der Waals surface area (Å²) in [5.74, 6) is 0. The largest absolute Gasteiger partial charge is 0.336 e. The van der Waals surface area contributed by atoms with Crippen molar-refractivity contribution in [2.75, 3.05) is 0 Å². The summed E-state index contributed by atoms with van der Waals surface area (Å²) in [6, 6.07) is 9.74. The van der Waals surface area contributed by atoms with Crippen molar-refractivity contribution in [3.63, 3.8) is 0 Å². The Bertz CT molecular complexity index is 567. The summed E-state index contributed by atoms with van der Waals surface area (Å²) in [6.45, 7) is 2.05. The minimum atomic E-state index is -0.161. The molecule has 1 heterocycles. The summed E-state index contributed by atoms with van der Waals surface area (Å²) in [5.41, 5.74) is 3.05. The molecule has 4 heteroatoms. The number of aryl methyl sites for hydroxylation is 1. The molecule has 16 heavy (non-hydrogen) atoms. The molecular formula is C12H12N2OS. The standard InChI is InChI=1S/C12H12N2OS/c1-8-2-4-9(5-3-8)6-10-7-11(15)14-12(16)13-10/h2-5,7H,6H2,1H3,(H2,13,14,15,16). The number of rotatable bonds is 2. The molecule has 0 aliphatic heterocycles. The highest BCUT2D eigenvalue weighted by Crippen LogP contribution is 2.07. The van der Waals surface area contributed by atoms with Crippen LogP contribution in [0, 0.1) is 11.7 Å². The molecule has 0 saturated heterocycles. The number of hydrogen-bond donors (Lipinski definition) is 2. The zero-order valence-electron chi connectivity index (χ0n) is 8.91. The lowest BCUT2D eigenvalue weighted by Gasteiger charge is -2.02. The van der Waals surface area contributed by atoms with E-state index < -0.39 is 0 Å². The van der Waals surface area contributed by atoms with Crippen LogP contribution in [0.4, 0.5) is 0 Å². The Morgan fingerprint density at radius 1 is 1.19 bits per heavy atom. The van der Waals surface area contributed by atoms with Gasteiger partial charge in [0.15, 0.2) is 4.77 Å². The van der Waals surface area contributed by atoms with E-state index in [9.17, 15) is 4.79 Å². The molecule has 0 aliphatic rings. The fraction of sp³-hybridized carbons (Fsp3) is 0.167. The van der Waals surface area contributed by atoms with E-state index >= 15 is 0 Å². The lowest BCUT2D eigenvalue weighted by Crippen LogP contribution is -2.08. The molecule has 2 rings (SSSR count). The summed E-state index contributed by atoms with van der Waals surface area (Å²) < 4.78 is 0.370. The summed E-state index contributed by atoms with van der Waals surface area (Å²) in [7, 11) is 0. The van der Waals surface area contributed by atoms with Crippen molar-refractivity contribution in [3.05, 3.63) is 62.3 Å². The molecule has 0 saturated carbocycles. The molecule has 0 amide bonds. The Balaban J connectivity index is 2.30. The fourth-order valence-electron chi connectivity index (χ4n) is 1.54. The average Bonchev–Trinajstić information content (AvgIpc) is 2.20. The van der Waals surface area contributed by atoms with Crippen LogP contribution < -0.4 is 5.56 Å². The average molecular weight is 232 g/mol. The van der Waals surface area contributed by atoms with Crippen molar-refractivity contribution in [2.45, 2.75) is 13.3 Å². The van der Waals surface area contributed by atoms with E-state index in [0.717, 1.165) is 11.3 Å². The summed E-state index contributed by atoms with van der Waals surface area (Å²) >= 11 is 4.91. The van der Waals surface area contributed by atoms with Crippen LogP contribution in [0.25, 0.3) is 0 Å². The normalized spacial score (nSPS) is 10.3. The third-order valence-electron chi connectivity index (χ3n) is 2.33. The molecule has 1 aromatic carbocycles. The molecule has 0 spiro atoms. The molecule has 0 radical (unpaired) electrons. The molecular weight excluding hydrogens is 220 g/mol. The zero-order chi connectivity index (χ0) is 11.5. The van der Waals surface area contributed by atoms with Crippen LogP contribution in [-0.4, -0.2) is 9.97 Å². The molecule has 2 N–H and O–H groups in total. The third kappa shape index (κ3) is 2.67. The van der Waals surface area contributed by atoms with E-state index in [2.05, 4.69) is 22.1 Å². The van der Waals surface area contributed by atoms with Gasteiger partial charge in [0.1, 0.15) is 0 Å². The molecule has 2 aromatic rings. The minimum Gasteiger partial charge on any atom is -0.336 e. The molecule has 0 atom stereocenters. The fourth-order valence-corrected chi connectivity index (χ4v) is 1.77. The van der Waals surface area contributed by atoms with Crippen molar-refractivity contribution < 1.29 is 0 Å². The van der Waals surface area contributed by atoms with Crippen LogP contribution in [0.5, 0.6) is 0 Å². The highest BCUT2D eigenvalue weighted by molar-refractivity contribution is 7.71. The first kappa shape index (κ1) is 10.8. The van der Waals surface area contributed by atoms with Crippen LogP contribution in [0.1, 0.15) is 16.8 Å². The van der Waals surface area contributed by atoms with Gasteiger partial charge in [-0.25, -0.2) is 0 Å². The molecule has 1 aromatic heterocycles. The maximum absolute atomic E-state index is 11.2. The lowest BCUT2D eigenvalue weighted by molar-refractivity contribution is 0.985. The van der Waals surface area contributed by atoms with E-state index in [-0.39, 0.29) is 5.56 Å². The Hall–Kier alpha value is -1.68. The molecule has 0 aliphatic carbocycles. The second-order valence-electron chi connectivity index (χ2n) is 3.78. The van der Waals surface area contributed by atoms with Gasteiger partial charge in [-0.15, -0.1) is 0 Å². The minimum absolute atomic E-state index is 0.161. The Morgan fingerprint density at radius 2 is 1.88 bits per heavy atom. The first-order valence-corrected chi connectivity index (χ1v) is 5.42.